The van der Waals surface area contributed by atoms with Crippen molar-refractivity contribution in [3.63, 3.8) is 0 Å². The Balaban J connectivity index is 3.12. The molecule has 4 heteroatoms. The fourth-order valence-electron chi connectivity index (χ4n) is 1.40. The van der Waals surface area contributed by atoms with Crippen LogP contribution in [0.3, 0.4) is 0 Å². The minimum Gasteiger partial charge on any atom is -0.507 e. The van der Waals surface area contributed by atoms with Crippen LogP contribution in [0.4, 0.5) is 0 Å². The van der Waals surface area contributed by atoms with Gasteiger partial charge < -0.3 is 9.84 Å². The minimum atomic E-state index is -0.473. The fraction of sp³-hybridized carbons (Fsp3) is 0.231. The van der Waals surface area contributed by atoms with Crippen LogP contribution in [0.15, 0.2) is 18.2 Å². The first-order valence-corrected chi connectivity index (χ1v) is 5.06. The molecule has 0 amide bonds. The lowest BCUT2D eigenvalue weighted by atomic mass is 10.0. The summed E-state index contributed by atoms with van der Waals surface area (Å²) in [6.07, 6.45) is 2.79. The highest BCUT2D eigenvalue weighted by molar-refractivity contribution is 5.97. The first-order valence-electron chi connectivity index (χ1n) is 5.06. The van der Waals surface area contributed by atoms with Gasteiger partial charge in [-0.3, -0.25) is 4.79 Å². The minimum absolute atomic E-state index is 0.0902. The normalized spacial score (nSPS) is 10.5. The number of ketones is 1. The predicted octanol–water partition coefficient (Wildman–Crippen LogP) is 2.09. The van der Waals surface area contributed by atoms with Crippen LogP contribution in [0.2, 0.25) is 0 Å². The number of hydrogen-bond acceptors (Lipinski definition) is 4. The van der Waals surface area contributed by atoms with Crippen LogP contribution in [0.1, 0.15) is 28.4 Å². The lowest BCUT2D eigenvalue weighted by Crippen LogP contribution is -1.96. The van der Waals surface area contributed by atoms with Gasteiger partial charge in [-0.2, -0.15) is 0 Å². The van der Waals surface area contributed by atoms with Crippen molar-refractivity contribution in [3.8, 4) is 5.75 Å². The van der Waals surface area contributed by atoms with Crippen LogP contribution >= 0.6 is 0 Å². The van der Waals surface area contributed by atoms with E-state index in [-0.39, 0.29) is 17.1 Å². The van der Waals surface area contributed by atoms with Crippen molar-refractivity contribution in [2.24, 2.45) is 0 Å². The molecular weight excluding hydrogens is 220 g/mol. The summed E-state index contributed by atoms with van der Waals surface area (Å²) in [6, 6.07) is 3.04. The fourth-order valence-corrected chi connectivity index (χ4v) is 1.40. The number of carbonyl (C=O) groups is 2. The van der Waals surface area contributed by atoms with Gasteiger partial charge in [-0.05, 0) is 43.2 Å². The molecule has 0 atom stereocenters. The van der Waals surface area contributed by atoms with Gasteiger partial charge in [-0.15, -0.1) is 0 Å². The summed E-state index contributed by atoms with van der Waals surface area (Å²) in [6.45, 7) is 3.18. The second-order valence-corrected chi connectivity index (χ2v) is 3.64. The molecule has 0 aliphatic rings. The third kappa shape index (κ3) is 3.17. The van der Waals surface area contributed by atoms with E-state index in [0.717, 1.165) is 5.56 Å². The molecule has 0 radical (unpaired) electrons. The number of phenols is 1. The summed E-state index contributed by atoms with van der Waals surface area (Å²) in [4.78, 5) is 22.1. The Morgan fingerprint density at radius 3 is 2.53 bits per heavy atom. The zero-order valence-corrected chi connectivity index (χ0v) is 9.98. The van der Waals surface area contributed by atoms with Crippen LogP contribution in [-0.2, 0) is 9.53 Å². The van der Waals surface area contributed by atoms with Gasteiger partial charge in [0.05, 0.1) is 12.7 Å². The van der Waals surface area contributed by atoms with Crippen LogP contribution in [0.25, 0.3) is 6.08 Å². The number of esters is 1. The van der Waals surface area contributed by atoms with E-state index in [1.807, 2.05) is 0 Å². The number of carbonyl (C=O) groups excluding carboxylic acids is 2. The van der Waals surface area contributed by atoms with Crippen molar-refractivity contribution in [1.29, 1.82) is 0 Å². The summed E-state index contributed by atoms with van der Waals surface area (Å²) >= 11 is 0. The maximum absolute atomic E-state index is 11.2. The summed E-state index contributed by atoms with van der Waals surface area (Å²) in [5.41, 5.74) is 1.74. The van der Waals surface area contributed by atoms with E-state index in [0.29, 0.717) is 5.56 Å². The summed E-state index contributed by atoms with van der Waals surface area (Å²) in [5, 5.41) is 9.64. The van der Waals surface area contributed by atoms with Crippen molar-refractivity contribution in [1.82, 2.24) is 0 Å². The first kappa shape index (κ1) is 13.0. The van der Waals surface area contributed by atoms with E-state index >= 15 is 0 Å². The number of aromatic hydroxyl groups is 1. The SMILES string of the molecule is COC(=O)C=Cc1cc(O)c(C(C)=O)cc1C. The van der Waals surface area contributed by atoms with Gasteiger partial charge >= 0.3 is 5.97 Å². The van der Waals surface area contributed by atoms with E-state index < -0.39 is 5.97 Å². The van der Waals surface area contributed by atoms with E-state index in [1.165, 1.54) is 32.3 Å². The van der Waals surface area contributed by atoms with Gasteiger partial charge in [0.25, 0.3) is 0 Å². The molecular formula is C13H14O4. The van der Waals surface area contributed by atoms with Crippen LogP contribution in [0.5, 0.6) is 5.75 Å². The third-order valence-corrected chi connectivity index (χ3v) is 2.36. The smallest absolute Gasteiger partial charge is 0.330 e. The Bertz CT molecular complexity index is 486. The standard InChI is InChI=1S/C13H14O4/c1-8-6-11(9(2)14)12(15)7-10(8)4-5-13(16)17-3/h4-7,15H,1-3H3. The number of methoxy groups -OCH3 is 1. The number of hydrogen-bond donors (Lipinski definition) is 1. The maximum Gasteiger partial charge on any atom is 0.330 e. The Labute approximate surface area is 99.5 Å². The molecule has 0 aliphatic carbocycles. The molecule has 90 valence electrons. The van der Waals surface area contributed by atoms with Gasteiger partial charge in [-0.25, -0.2) is 4.79 Å². The highest BCUT2D eigenvalue weighted by Crippen LogP contribution is 2.23. The number of Topliss-reactive ketones (excluding diaryl/α,β-unsaturated/α-hetero) is 1. The summed E-state index contributed by atoms with van der Waals surface area (Å²) < 4.78 is 4.46. The van der Waals surface area contributed by atoms with Crippen LogP contribution in [0, 0.1) is 6.92 Å². The second kappa shape index (κ2) is 5.30. The molecule has 0 saturated carbocycles. The zero-order valence-electron chi connectivity index (χ0n) is 9.98. The van der Waals surface area contributed by atoms with Gasteiger partial charge in [-0.1, -0.05) is 0 Å². The number of phenolic OH excluding ortho intramolecular Hbond substituents is 1. The Morgan fingerprint density at radius 2 is 2.00 bits per heavy atom. The Kier molecular flexibility index (Phi) is 4.04. The molecule has 0 aliphatic heterocycles. The molecule has 1 aromatic carbocycles. The van der Waals surface area contributed by atoms with Crippen LogP contribution in [-0.4, -0.2) is 24.0 Å². The molecule has 1 N–H and O–H groups in total. The van der Waals surface area contributed by atoms with Crippen molar-refractivity contribution >= 4 is 17.8 Å². The van der Waals surface area contributed by atoms with E-state index in [9.17, 15) is 14.7 Å². The number of rotatable bonds is 3. The molecule has 1 rings (SSSR count). The Morgan fingerprint density at radius 1 is 1.35 bits per heavy atom. The summed E-state index contributed by atoms with van der Waals surface area (Å²) in [5.74, 6) is -0.763. The molecule has 0 spiro atoms. The molecule has 1 aromatic rings. The lowest BCUT2D eigenvalue weighted by Gasteiger charge is -2.06. The van der Waals surface area contributed by atoms with Crippen molar-refractivity contribution in [2.45, 2.75) is 13.8 Å². The van der Waals surface area contributed by atoms with Crippen molar-refractivity contribution in [3.05, 3.63) is 34.9 Å². The predicted molar refractivity (Wildman–Crippen MR) is 63.9 cm³/mol. The largest absolute Gasteiger partial charge is 0.507 e. The first-order chi connectivity index (χ1) is 7.95. The van der Waals surface area contributed by atoms with Gasteiger partial charge in [0.2, 0.25) is 0 Å². The number of aryl methyl sites for hydroxylation is 1. The van der Waals surface area contributed by atoms with Crippen LogP contribution < -0.4 is 0 Å². The molecule has 0 unspecified atom stereocenters. The molecule has 0 saturated heterocycles. The molecule has 0 bridgehead atoms. The average Bonchev–Trinajstić information content (AvgIpc) is 2.28. The molecule has 0 fully saturated rings. The second-order valence-electron chi connectivity index (χ2n) is 3.64. The van der Waals surface area contributed by atoms with E-state index in [2.05, 4.69) is 4.74 Å². The third-order valence-electron chi connectivity index (χ3n) is 2.36. The van der Waals surface area contributed by atoms with Gasteiger partial charge in [0.15, 0.2) is 5.78 Å². The number of ether oxygens (including phenoxy) is 1. The molecule has 4 nitrogen and oxygen atoms in total. The van der Waals surface area contributed by atoms with E-state index in [1.54, 1.807) is 13.0 Å². The van der Waals surface area contributed by atoms with Crippen molar-refractivity contribution in [2.75, 3.05) is 7.11 Å². The summed E-state index contributed by atoms with van der Waals surface area (Å²) in [7, 11) is 1.29. The monoisotopic (exact) mass is 234 g/mol. The lowest BCUT2D eigenvalue weighted by molar-refractivity contribution is -0.134. The molecule has 0 aromatic heterocycles. The highest BCUT2D eigenvalue weighted by atomic mass is 16.5. The maximum atomic E-state index is 11.2. The van der Waals surface area contributed by atoms with Crippen molar-refractivity contribution < 1.29 is 19.4 Å². The molecule has 0 heterocycles. The van der Waals surface area contributed by atoms with Gasteiger partial charge in [0.1, 0.15) is 5.75 Å². The topological polar surface area (TPSA) is 63.6 Å². The van der Waals surface area contributed by atoms with Gasteiger partial charge in [0, 0.05) is 6.08 Å². The zero-order chi connectivity index (χ0) is 13.0. The number of benzene rings is 1. The average molecular weight is 234 g/mol. The molecule has 17 heavy (non-hydrogen) atoms. The Hall–Kier alpha value is -2.10. The highest BCUT2D eigenvalue weighted by Gasteiger charge is 2.09. The van der Waals surface area contributed by atoms with E-state index in [4.69, 9.17) is 0 Å². The quantitative estimate of drug-likeness (QED) is 0.494.